The molecule has 0 saturated heterocycles. The summed E-state index contributed by atoms with van der Waals surface area (Å²) in [6.07, 6.45) is 10.3. The van der Waals surface area contributed by atoms with E-state index in [1.807, 2.05) is 18.2 Å². The van der Waals surface area contributed by atoms with Crippen LogP contribution in [0, 0.1) is 5.92 Å². The monoisotopic (exact) mass is 362 g/mol. The van der Waals surface area contributed by atoms with Gasteiger partial charge in [0, 0.05) is 18.4 Å². The summed E-state index contributed by atoms with van der Waals surface area (Å²) in [4.78, 5) is 22.4. The number of unbranched alkanes of at least 4 members (excludes halogenated alkanes) is 2. The Kier molecular flexibility index (Phi) is 10.9. The lowest BCUT2D eigenvalue weighted by Crippen LogP contribution is -2.03. The van der Waals surface area contributed by atoms with Gasteiger partial charge in [0.25, 0.3) is 0 Å². The summed E-state index contributed by atoms with van der Waals surface area (Å²) in [6, 6.07) is 7.23. The van der Waals surface area contributed by atoms with Gasteiger partial charge in [0.15, 0.2) is 0 Å². The lowest BCUT2D eigenvalue weighted by molar-refractivity contribution is -0.141. The van der Waals surface area contributed by atoms with E-state index in [4.69, 9.17) is 0 Å². The zero-order chi connectivity index (χ0) is 19.2. The van der Waals surface area contributed by atoms with Gasteiger partial charge in [0.2, 0.25) is 0 Å². The van der Waals surface area contributed by atoms with E-state index in [2.05, 4.69) is 15.5 Å². The Balaban J connectivity index is 2.52. The lowest BCUT2D eigenvalue weighted by Gasteiger charge is -2.13. The van der Waals surface area contributed by atoms with Crippen molar-refractivity contribution < 1.29 is 24.2 Å². The largest absolute Gasteiger partial charge is 0.507 e. The standard InChI is InChI=1S/C21H30O5/c1-25-20(23)13-7-3-9-17(10-4-8-14-21(24)26-2)15-16-18-11-5-6-12-19(18)22/h5-6,11-12,15-17,22H,3-4,7-10,13-14H2,1-2H3/b16-15+. The average molecular weight is 362 g/mol. The van der Waals surface area contributed by atoms with Crippen molar-refractivity contribution >= 4 is 18.0 Å². The predicted octanol–water partition coefficient (Wildman–Crippen LogP) is 4.49. The molecule has 0 fully saturated rings. The molecule has 0 atom stereocenters. The van der Waals surface area contributed by atoms with Gasteiger partial charge in [0.1, 0.15) is 5.75 Å². The Bertz CT molecular complexity index is 556. The van der Waals surface area contributed by atoms with Gasteiger partial charge in [-0.2, -0.15) is 0 Å². The summed E-state index contributed by atoms with van der Waals surface area (Å²) in [7, 11) is 2.81. The molecule has 0 aliphatic carbocycles. The molecule has 144 valence electrons. The fraction of sp³-hybridized carbons (Fsp3) is 0.524. The van der Waals surface area contributed by atoms with Gasteiger partial charge < -0.3 is 14.6 Å². The average Bonchev–Trinajstić information content (AvgIpc) is 2.66. The van der Waals surface area contributed by atoms with Crippen LogP contribution in [0.4, 0.5) is 0 Å². The number of phenols is 1. The lowest BCUT2D eigenvalue weighted by atomic mass is 9.93. The number of carbonyl (C=O) groups is 2. The van der Waals surface area contributed by atoms with Crippen LogP contribution in [-0.2, 0) is 19.1 Å². The van der Waals surface area contributed by atoms with Crippen molar-refractivity contribution in [3.8, 4) is 5.75 Å². The Hall–Kier alpha value is -2.30. The van der Waals surface area contributed by atoms with Crippen LogP contribution in [0.3, 0.4) is 0 Å². The van der Waals surface area contributed by atoms with Crippen molar-refractivity contribution in [2.45, 2.75) is 51.4 Å². The minimum atomic E-state index is -0.177. The van der Waals surface area contributed by atoms with Crippen LogP contribution in [0.1, 0.15) is 56.9 Å². The highest BCUT2D eigenvalue weighted by Crippen LogP contribution is 2.23. The van der Waals surface area contributed by atoms with E-state index in [-0.39, 0.29) is 17.7 Å². The minimum absolute atomic E-state index is 0.177. The molecule has 0 unspecified atom stereocenters. The maximum atomic E-state index is 11.2. The number of allylic oxidation sites excluding steroid dienone is 1. The Labute approximate surface area is 156 Å². The number of hydrogen-bond donors (Lipinski definition) is 1. The number of esters is 2. The van der Waals surface area contributed by atoms with Crippen LogP contribution in [0.2, 0.25) is 0 Å². The molecule has 1 rings (SSSR count). The second kappa shape index (κ2) is 13.0. The topological polar surface area (TPSA) is 72.8 Å². The number of benzene rings is 1. The molecule has 0 saturated carbocycles. The van der Waals surface area contributed by atoms with Crippen molar-refractivity contribution in [3.05, 3.63) is 35.9 Å². The van der Waals surface area contributed by atoms with Crippen LogP contribution in [0.25, 0.3) is 6.08 Å². The fourth-order valence-corrected chi connectivity index (χ4v) is 2.76. The first-order valence-corrected chi connectivity index (χ1v) is 9.16. The molecule has 1 N–H and O–H groups in total. The van der Waals surface area contributed by atoms with Crippen molar-refractivity contribution in [2.24, 2.45) is 5.92 Å². The summed E-state index contributed by atoms with van der Waals surface area (Å²) < 4.78 is 9.33. The van der Waals surface area contributed by atoms with Crippen LogP contribution >= 0.6 is 0 Å². The molecule has 0 amide bonds. The summed E-state index contributed by atoms with van der Waals surface area (Å²) in [5, 5.41) is 9.87. The molecule has 1 aromatic rings. The molecule has 0 bridgehead atoms. The van der Waals surface area contributed by atoms with Crippen LogP contribution in [0.5, 0.6) is 5.75 Å². The first-order chi connectivity index (χ1) is 12.6. The SMILES string of the molecule is COC(=O)CCCCC(/C=C/c1ccccc1O)CCCCC(=O)OC. The molecule has 26 heavy (non-hydrogen) atoms. The number of rotatable bonds is 12. The van der Waals surface area contributed by atoms with Crippen molar-refractivity contribution in [1.82, 2.24) is 0 Å². The highest BCUT2D eigenvalue weighted by atomic mass is 16.5. The third kappa shape index (κ3) is 9.25. The smallest absolute Gasteiger partial charge is 0.305 e. The maximum Gasteiger partial charge on any atom is 0.305 e. The molecule has 0 aromatic heterocycles. The number of hydrogen-bond acceptors (Lipinski definition) is 5. The number of carbonyl (C=O) groups excluding carboxylic acids is 2. The van der Waals surface area contributed by atoms with Crippen LogP contribution < -0.4 is 0 Å². The van der Waals surface area contributed by atoms with Crippen LogP contribution in [0.15, 0.2) is 30.3 Å². The third-order valence-corrected chi connectivity index (χ3v) is 4.35. The van der Waals surface area contributed by atoms with Gasteiger partial charge in [-0.3, -0.25) is 9.59 Å². The van der Waals surface area contributed by atoms with Gasteiger partial charge in [0.05, 0.1) is 14.2 Å². The van der Waals surface area contributed by atoms with Gasteiger partial charge in [-0.1, -0.05) is 43.2 Å². The number of aromatic hydroxyl groups is 1. The van der Waals surface area contributed by atoms with Crippen molar-refractivity contribution in [1.29, 1.82) is 0 Å². The summed E-state index contributed by atoms with van der Waals surface area (Å²) in [5.74, 6) is 0.248. The van der Waals surface area contributed by atoms with E-state index in [1.54, 1.807) is 12.1 Å². The molecule has 0 heterocycles. The van der Waals surface area contributed by atoms with Gasteiger partial charge in [-0.15, -0.1) is 0 Å². The molecular formula is C21H30O5. The highest BCUT2D eigenvalue weighted by Gasteiger charge is 2.08. The molecule has 5 heteroatoms. The molecule has 1 aromatic carbocycles. The Morgan fingerprint density at radius 2 is 1.50 bits per heavy atom. The van der Waals surface area contributed by atoms with E-state index in [0.717, 1.165) is 44.1 Å². The zero-order valence-corrected chi connectivity index (χ0v) is 15.8. The maximum absolute atomic E-state index is 11.2. The van der Waals surface area contributed by atoms with Crippen LogP contribution in [-0.4, -0.2) is 31.3 Å². The summed E-state index contributed by atoms with van der Waals surface area (Å²) >= 11 is 0. The number of phenolic OH excluding ortho intramolecular Hbond substituents is 1. The number of para-hydroxylation sites is 1. The first kappa shape index (κ1) is 21.7. The second-order valence-corrected chi connectivity index (χ2v) is 6.32. The first-order valence-electron chi connectivity index (χ1n) is 9.16. The number of methoxy groups -OCH3 is 2. The van der Waals surface area contributed by atoms with Gasteiger partial charge in [-0.05, 0) is 37.7 Å². The highest BCUT2D eigenvalue weighted by molar-refractivity contribution is 5.69. The van der Waals surface area contributed by atoms with E-state index in [1.165, 1.54) is 14.2 Å². The second-order valence-electron chi connectivity index (χ2n) is 6.32. The van der Waals surface area contributed by atoms with E-state index in [9.17, 15) is 14.7 Å². The van der Waals surface area contributed by atoms with Crippen molar-refractivity contribution in [3.63, 3.8) is 0 Å². The Morgan fingerprint density at radius 3 is 2.00 bits per heavy atom. The molecular weight excluding hydrogens is 332 g/mol. The fourth-order valence-electron chi connectivity index (χ4n) is 2.76. The molecule has 0 aliphatic rings. The molecule has 0 radical (unpaired) electrons. The quantitative estimate of drug-likeness (QED) is 0.438. The molecule has 0 aliphatic heterocycles. The van der Waals surface area contributed by atoms with E-state index < -0.39 is 0 Å². The number of ether oxygens (including phenoxy) is 2. The van der Waals surface area contributed by atoms with Gasteiger partial charge >= 0.3 is 11.9 Å². The normalized spacial score (nSPS) is 11.0. The van der Waals surface area contributed by atoms with Gasteiger partial charge in [-0.25, -0.2) is 0 Å². The van der Waals surface area contributed by atoms with E-state index in [0.29, 0.717) is 18.8 Å². The molecule has 0 spiro atoms. The third-order valence-electron chi connectivity index (χ3n) is 4.35. The minimum Gasteiger partial charge on any atom is -0.507 e. The summed E-state index contributed by atoms with van der Waals surface area (Å²) in [6.45, 7) is 0. The summed E-state index contributed by atoms with van der Waals surface area (Å²) in [5.41, 5.74) is 0.793. The van der Waals surface area contributed by atoms with E-state index >= 15 is 0 Å². The molecule has 5 nitrogen and oxygen atoms in total. The predicted molar refractivity (Wildman–Crippen MR) is 102 cm³/mol. The van der Waals surface area contributed by atoms with Crippen molar-refractivity contribution in [2.75, 3.05) is 14.2 Å². The zero-order valence-electron chi connectivity index (χ0n) is 15.8. The Morgan fingerprint density at radius 1 is 0.962 bits per heavy atom.